The van der Waals surface area contributed by atoms with Crippen LogP contribution in [0.25, 0.3) is 0 Å². The molecule has 5 heteroatoms. The molecule has 1 heterocycles. The van der Waals surface area contributed by atoms with Crippen LogP contribution in [0, 0.1) is 0 Å². The number of carbonyl (C=O) groups is 2. The third-order valence-electron chi connectivity index (χ3n) is 5.90. The van der Waals surface area contributed by atoms with Crippen LogP contribution in [-0.4, -0.2) is 29.8 Å². The Morgan fingerprint density at radius 3 is 2.61 bits per heavy atom. The molecular weight excluding hydrogens is 416 g/mol. The molecule has 28 heavy (non-hydrogen) atoms. The number of benzene rings is 2. The molecule has 2 aromatic rings. The van der Waals surface area contributed by atoms with Gasteiger partial charge in [0.05, 0.1) is 5.41 Å². The van der Waals surface area contributed by atoms with E-state index in [-0.39, 0.29) is 17.2 Å². The van der Waals surface area contributed by atoms with Gasteiger partial charge >= 0.3 is 0 Å². The highest BCUT2D eigenvalue weighted by molar-refractivity contribution is 9.10. The highest BCUT2D eigenvalue weighted by atomic mass is 79.9. The first-order valence-electron chi connectivity index (χ1n) is 9.97. The molecule has 2 aliphatic rings. The van der Waals surface area contributed by atoms with E-state index in [2.05, 4.69) is 39.4 Å². The van der Waals surface area contributed by atoms with Crippen molar-refractivity contribution in [3.63, 3.8) is 0 Å². The lowest BCUT2D eigenvalue weighted by molar-refractivity contribution is -0.132. The Bertz CT molecular complexity index is 892. The summed E-state index contributed by atoms with van der Waals surface area (Å²) in [5.41, 5.74) is 3.30. The van der Waals surface area contributed by atoms with Crippen LogP contribution in [0.1, 0.15) is 42.4 Å². The monoisotopic (exact) mass is 440 g/mol. The Hall–Kier alpha value is -2.14. The molecule has 1 aliphatic carbocycles. The Kier molecular flexibility index (Phi) is 5.54. The largest absolute Gasteiger partial charge is 0.355 e. The van der Waals surface area contributed by atoms with E-state index in [9.17, 15) is 9.59 Å². The van der Waals surface area contributed by atoms with Crippen molar-refractivity contribution in [2.75, 3.05) is 13.1 Å². The molecule has 2 amide bonds. The van der Waals surface area contributed by atoms with Gasteiger partial charge in [-0.05, 0) is 54.5 Å². The molecule has 2 aromatic carbocycles. The predicted octanol–water partition coefficient (Wildman–Crippen LogP) is 3.96. The minimum absolute atomic E-state index is 0.0879. The Morgan fingerprint density at radius 1 is 1.07 bits per heavy atom. The van der Waals surface area contributed by atoms with Crippen LogP contribution in [0.15, 0.2) is 53.0 Å². The molecule has 1 N–H and O–H groups in total. The van der Waals surface area contributed by atoms with Crippen LogP contribution in [0.2, 0.25) is 0 Å². The standard InChI is InChI=1S/C23H25BrN2O2/c24-20-8-3-7-19(15-20)23(11-12-23)22(28)25-13-4-9-21(27)26-14-10-17-5-1-2-6-18(17)16-26/h1-3,5-8,15H,4,9-14,16H2,(H,25,28). The van der Waals surface area contributed by atoms with Gasteiger partial charge in [0.2, 0.25) is 11.8 Å². The van der Waals surface area contributed by atoms with Crippen molar-refractivity contribution in [2.45, 2.75) is 44.1 Å². The van der Waals surface area contributed by atoms with Crippen molar-refractivity contribution in [3.8, 4) is 0 Å². The average Bonchev–Trinajstić information content (AvgIpc) is 3.52. The summed E-state index contributed by atoms with van der Waals surface area (Å²) in [7, 11) is 0. The molecule has 1 fully saturated rings. The highest BCUT2D eigenvalue weighted by Gasteiger charge is 2.51. The van der Waals surface area contributed by atoms with Crippen molar-refractivity contribution in [3.05, 3.63) is 69.7 Å². The number of amides is 2. The first-order chi connectivity index (χ1) is 13.6. The summed E-state index contributed by atoms with van der Waals surface area (Å²) in [6, 6.07) is 16.3. The number of rotatable bonds is 6. The number of nitrogens with one attached hydrogen (secondary N) is 1. The third-order valence-corrected chi connectivity index (χ3v) is 6.39. The van der Waals surface area contributed by atoms with Crippen LogP contribution < -0.4 is 5.32 Å². The SMILES string of the molecule is O=C(CCCNC(=O)C1(c2cccc(Br)c2)CC1)N1CCc2ccccc2C1. The summed E-state index contributed by atoms with van der Waals surface area (Å²) in [4.78, 5) is 27.2. The molecule has 4 nitrogen and oxygen atoms in total. The summed E-state index contributed by atoms with van der Waals surface area (Å²) in [6.45, 7) is 2.03. The van der Waals surface area contributed by atoms with E-state index in [4.69, 9.17) is 0 Å². The van der Waals surface area contributed by atoms with Gasteiger partial charge in [-0.1, -0.05) is 52.3 Å². The lowest BCUT2D eigenvalue weighted by Gasteiger charge is -2.29. The summed E-state index contributed by atoms with van der Waals surface area (Å²) in [5, 5.41) is 3.05. The van der Waals surface area contributed by atoms with Gasteiger partial charge in [-0.2, -0.15) is 0 Å². The third kappa shape index (κ3) is 4.00. The van der Waals surface area contributed by atoms with Crippen LogP contribution in [0.4, 0.5) is 0 Å². The van der Waals surface area contributed by atoms with E-state index in [1.807, 2.05) is 35.2 Å². The quantitative estimate of drug-likeness (QED) is 0.690. The van der Waals surface area contributed by atoms with Crippen LogP contribution in [-0.2, 0) is 28.0 Å². The van der Waals surface area contributed by atoms with Gasteiger partial charge in [-0.25, -0.2) is 0 Å². The topological polar surface area (TPSA) is 49.4 Å². The number of fused-ring (bicyclic) bond motifs is 1. The van der Waals surface area contributed by atoms with Crippen LogP contribution >= 0.6 is 15.9 Å². The number of halogens is 1. The van der Waals surface area contributed by atoms with Crippen molar-refractivity contribution >= 4 is 27.7 Å². The lowest BCUT2D eigenvalue weighted by Crippen LogP contribution is -2.37. The zero-order chi connectivity index (χ0) is 19.6. The minimum Gasteiger partial charge on any atom is -0.355 e. The van der Waals surface area contributed by atoms with E-state index in [1.165, 1.54) is 11.1 Å². The maximum atomic E-state index is 12.7. The molecule has 0 spiro atoms. The van der Waals surface area contributed by atoms with Crippen molar-refractivity contribution in [2.24, 2.45) is 0 Å². The molecule has 0 unspecified atom stereocenters. The van der Waals surface area contributed by atoms with Crippen molar-refractivity contribution in [1.82, 2.24) is 10.2 Å². The maximum absolute atomic E-state index is 12.7. The lowest BCUT2D eigenvalue weighted by atomic mass is 9.95. The van der Waals surface area contributed by atoms with Crippen molar-refractivity contribution < 1.29 is 9.59 Å². The summed E-state index contributed by atoms with van der Waals surface area (Å²) < 4.78 is 0.998. The normalized spacial score (nSPS) is 17.0. The average molecular weight is 441 g/mol. The molecule has 1 aliphatic heterocycles. The van der Waals surface area contributed by atoms with Crippen molar-refractivity contribution in [1.29, 1.82) is 0 Å². The van der Waals surface area contributed by atoms with Gasteiger partial charge in [0.15, 0.2) is 0 Å². The van der Waals surface area contributed by atoms with Gasteiger partial charge in [0, 0.05) is 30.5 Å². The second kappa shape index (κ2) is 8.08. The molecule has 0 saturated heterocycles. The molecule has 0 atom stereocenters. The van der Waals surface area contributed by atoms with E-state index in [0.717, 1.165) is 35.8 Å². The van der Waals surface area contributed by atoms with E-state index < -0.39 is 0 Å². The molecule has 0 radical (unpaired) electrons. The molecule has 0 aromatic heterocycles. The van der Waals surface area contributed by atoms with E-state index in [1.54, 1.807) is 0 Å². The minimum atomic E-state index is -0.371. The van der Waals surface area contributed by atoms with Gasteiger partial charge in [-0.3, -0.25) is 9.59 Å². The van der Waals surface area contributed by atoms with Gasteiger partial charge in [0.25, 0.3) is 0 Å². The van der Waals surface area contributed by atoms with Gasteiger partial charge in [-0.15, -0.1) is 0 Å². The number of hydrogen-bond acceptors (Lipinski definition) is 2. The van der Waals surface area contributed by atoms with Gasteiger partial charge in [0.1, 0.15) is 0 Å². The molecule has 1 saturated carbocycles. The van der Waals surface area contributed by atoms with E-state index >= 15 is 0 Å². The zero-order valence-electron chi connectivity index (χ0n) is 15.9. The Morgan fingerprint density at radius 2 is 1.86 bits per heavy atom. The smallest absolute Gasteiger partial charge is 0.230 e. The molecular formula is C23H25BrN2O2. The zero-order valence-corrected chi connectivity index (χ0v) is 17.5. The predicted molar refractivity (Wildman–Crippen MR) is 113 cm³/mol. The second-order valence-corrected chi connectivity index (χ2v) is 8.70. The fraction of sp³-hybridized carbons (Fsp3) is 0.391. The molecule has 4 rings (SSSR count). The fourth-order valence-corrected chi connectivity index (χ4v) is 4.43. The summed E-state index contributed by atoms with van der Waals surface area (Å²) in [5.74, 6) is 0.266. The number of nitrogens with zero attached hydrogens (tertiary/aromatic N) is 1. The Labute approximate surface area is 174 Å². The van der Waals surface area contributed by atoms with E-state index in [0.29, 0.717) is 25.9 Å². The number of hydrogen-bond donors (Lipinski definition) is 1. The number of carbonyl (C=O) groups excluding carboxylic acids is 2. The summed E-state index contributed by atoms with van der Waals surface area (Å²) in [6.07, 6.45) is 3.86. The fourth-order valence-electron chi connectivity index (χ4n) is 4.04. The molecule has 146 valence electrons. The first-order valence-corrected chi connectivity index (χ1v) is 10.8. The van der Waals surface area contributed by atoms with Gasteiger partial charge < -0.3 is 10.2 Å². The highest BCUT2D eigenvalue weighted by Crippen LogP contribution is 2.48. The van der Waals surface area contributed by atoms with Crippen LogP contribution in [0.3, 0.4) is 0 Å². The first kappa shape index (κ1) is 19.2. The Balaban J connectivity index is 1.24. The van der Waals surface area contributed by atoms with Crippen LogP contribution in [0.5, 0.6) is 0 Å². The maximum Gasteiger partial charge on any atom is 0.230 e. The summed E-state index contributed by atoms with van der Waals surface area (Å²) >= 11 is 3.49. The molecule has 0 bridgehead atoms. The second-order valence-electron chi connectivity index (χ2n) is 7.79.